The maximum atomic E-state index is 3.94. The average molecular weight is 245 g/mol. The van der Waals surface area contributed by atoms with Crippen LogP contribution in [0.25, 0.3) is 28.7 Å². The van der Waals surface area contributed by atoms with E-state index in [1.807, 2.05) is 18.3 Å². The number of benzene rings is 2. The van der Waals surface area contributed by atoms with Gasteiger partial charge in [0.2, 0.25) is 0 Å². The Morgan fingerprint density at radius 1 is 0.632 bits per heavy atom. The van der Waals surface area contributed by atoms with Gasteiger partial charge < -0.3 is 4.57 Å². The summed E-state index contributed by atoms with van der Waals surface area (Å²) in [5.74, 6) is 0. The first-order valence-electron chi connectivity index (χ1n) is 6.35. The summed E-state index contributed by atoms with van der Waals surface area (Å²) in [4.78, 5) is 0. The van der Waals surface area contributed by atoms with Gasteiger partial charge >= 0.3 is 0 Å². The molecule has 0 atom stereocenters. The van der Waals surface area contributed by atoms with E-state index in [0.717, 1.165) is 11.4 Å². The first kappa shape index (κ1) is 11.5. The van der Waals surface area contributed by atoms with Gasteiger partial charge in [-0.15, -0.1) is 0 Å². The number of hydrogen-bond donors (Lipinski definition) is 0. The molecule has 0 spiro atoms. The average Bonchev–Trinajstić information content (AvgIpc) is 2.93. The molecule has 0 saturated carbocycles. The Balaban J connectivity index is 2.15. The quantitative estimate of drug-likeness (QED) is 0.617. The lowest BCUT2D eigenvalue weighted by Crippen LogP contribution is -1.92. The van der Waals surface area contributed by atoms with E-state index in [1.165, 1.54) is 11.1 Å². The summed E-state index contributed by atoms with van der Waals surface area (Å²) in [5, 5.41) is 0. The van der Waals surface area contributed by atoms with Crippen LogP contribution in [0.4, 0.5) is 0 Å². The van der Waals surface area contributed by atoms with Crippen LogP contribution in [0, 0.1) is 0 Å². The van der Waals surface area contributed by atoms with Crippen molar-refractivity contribution in [1.29, 1.82) is 0 Å². The van der Waals surface area contributed by atoms with E-state index in [2.05, 4.69) is 71.8 Å². The SMILES string of the molecule is C=Cn1c(-c2ccccc2)ccc1-c1ccccc1. The molecule has 0 N–H and O–H groups in total. The molecule has 0 aliphatic heterocycles. The molecule has 0 bridgehead atoms. The number of nitrogens with zero attached hydrogens (tertiary/aromatic N) is 1. The second-order valence-corrected chi connectivity index (χ2v) is 4.39. The van der Waals surface area contributed by atoms with E-state index in [-0.39, 0.29) is 0 Å². The Kier molecular flexibility index (Phi) is 3.03. The summed E-state index contributed by atoms with van der Waals surface area (Å²) >= 11 is 0. The smallest absolute Gasteiger partial charge is 0.0528 e. The fourth-order valence-electron chi connectivity index (χ4n) is 2.33. The second-order valence-electron chi connectivity index (χ2n) is 4.39. The monoisotopic (exact) mass is 245 g/mol. The second kappa shape index (κ2) is 4.99. The fraction of sp³-hybridized carbons (Fsp3) is 0. The first-order valence-corrected chi connectivity index (χ1v) is 6.35. The summed E-state index contributed by atoms with van der Waals surface area (Å²) in [6.45, 7) is 3.94. The van der Waals surface area contributed by atoms with Gasteiger partial charge in [-0.1, -0.05) is 67.2 Å². The van der Waals surface area contributed by atoms with Crippen molar-refractivity contribution in [2.24, 2.45) is 0 Å². The molecule has 92 valence electrons. The topological polar surface area (TPSA) is 4.93 Å². The van der Waals surface area contributed by atoms with Crippen LogP contribution in [-0.4, -0.2) is 4.57 Å². The van der Waals surface area contributed by atoms with Crippen molar-refractivity contribution < 1.29 is 0 Å². The van der Waals surface area contributed by atoms with E-state index in [0.29, 0.717) is 0 Å². The van der Waals surface area contributed by atoms with Gasteiger partial charge in [0.05, 0.1) is 11.4 Å². The van der Waals surface area contributed by atoms with Crippen LogP contribution in [0.2, 0.25) is 0 Å². The maximum Gasteiger partial charge on any atom is 0.0528 e. The van der Waals surface area contributed by atoms with Crippen LogP contribution in [0.5, 0.6) is 0 Å². The molecule has 1 heterocycles. The number of rotatable bonds is 3. The van der Waals surface area contributed by atoms with E-state index in [4.69, 9.17) is 0 Å². The minimum atomic E-state index is 1.16. The van der Waals surface area contributed by atoms with Gasteiger partial charge in [-0.05, 0) is 23.3 Å². The van der Waals surface area contributed by atoms with E-state index in [9.17, 15) is 0 Å². The van der Waals surface area contributed by atoms with Crippen LogP contribution in [0.15, 0.2) is 79.4 Å². The molecule has 0 radical (unpaired) electrons. The van der Waals surface area contributed by atoms with Crippen LogP contribution in [0.1, 0.15) is 0 Å². The zero-order chi connectivity index (χ0) is 13.1. The van der Waals surface area contributed by atoms with Gasteiger partial charge in [0, 0.05) is 6.20 Å². The molecule has 0 unspecified atom stereocenters. The lowest BCUT2D eigenvalue weighted by molar-refractivity contribution is 1.19. The Morgan fingerprint density at radius 3 is 1.42 bits per heavy atom. The molecule has 0 aliphatic rings. The third kappa shape index (κ3) is 2.11. The maximum absolute atomic E-state index is 3.94. The van der Waals surface area contributed by atoms with Crippen LogP contribution in [0.3, 0.4) is 0 Å². The van der Waals surface area contributed by atoms with Crippen LogP contribution >= 0.6 is 0 Å². The fourth-order valence-corrected chi connectivity index (χ4v) is 2.33. The highest BCUT2D eigenvalue weighted by atomic mass is 15.0. The highest BCUT2D eigenvalue weighted by Gasteiger charge is 2.08. The summed E-state index contributed by atoms with van der Waals surface area (Å²) in [5.41, 5.74) is 4.72. The number of aromatic nitrogens is 1. The van der Waals surface area contributed by atoms with E-state index >= 15 is 0 Å². The van der Waals surface area contributed by atoms with Crippen molar-refractivity contribution in [2.75, 3.05) is 0 Å². The zero-order valence-electron chi connectivity index (χ0n) is 10.7. The van der Waals surface area contributed by atoms with Gasteiger partial charge in [0.25, 0.3) is 0 Å². The number of hydrogen-bond acceptors (Lipinski definition) is 0. The van der Waals surface area contributed by atoms with Crippen molar-refractivity contribution in [3.05, 3.63) is 79.4 Å². The van der Waals surface area contributed by atoms with Crippen molar-refractivity contribution in [1.82, 2.24) is 4.57 Å². The van der Waals surface area contributed by atoms with Gasteiger partial charge in [0.1, 0.15) is 0 Å². The Hall–Kier alpha value is -2.54. The molecule has 0 saturated heterocycles. The molecule has 0 fully saturated rings. The van der Waals surface area contributed by atoms with Gasteiger partial charge in [-0.2, -0.15) is 0 Å². The lowest BCUT2D eigenvalue weighted by atomic mass is 10.1. The summed E-state index contributed by atoms with van der Waals surface area (Å²) in [7, 11) is 0. The largest absolute Gasteiger partial charge is 0.317 e. The summed E-state index contributed by atoms with van der Waals surface area (Å²) in [6, 6.07) is 25.0. The third-order valence-electron chi connectivity index (χ3n) is 3.24. The van der Waals surface area contributed by atoms with Crippen molar-refractivity contribution in [3.63, 3.8) is 0 Å². The molecule has 3 aromatic rings. The molecule has 1 heteroatoms. The van der Waals surface area contributed by atoms with Crippen molar-refractivity contribution in [3.8, 4) is 22.5 Å². The molecule has 1 aromatic heterocycles. The molecular formula is C18H15N. The molecule has 0 amide bonds. The Morgan fingerprint density at radius 2 is 1.05 bits per heavy atom. The van der Waals surface area contributed by atoms with Crippen LogP contribution in [-0.2, 0) is 0 Å². The van der Waals surface area contributed by atoms with E-state index < -0.39 is 0 Å². The minimum Gasteiger partial charge on any atom is -0.317 e. The molecular weight excluding hydrogens is 230 g/mol. The highest BCUT2D eigenvalue weighted by Crippen LogP contribution is 2.28. The molecule has 3 rings (SSSR count). The predicted octanol–water partition coefficient (Wildman–Crippen LogP) is 4.92. The molecule has 2 aromatic carbocycles. The first-order chi connectivity index (χ1) is 9.40. The molecule has 0 aliphatic carbocycles. The highest BCUT2D eigenvalue weighted by molar-refractivity contribution is 5.72. The summed E-state index contributed by atoms with van der Waals surface area (Å²) in [6.07, 6.45) is 1.87. The zero-order valence-corrected chi connectivity index (χ0v) is 10.7. The van der Waals surface area contributed by atoms with Gasteiger partial charge in [0.15, 0.2) is 0 Å². The van der Waals surface area contributed by atoms with Crippen LogP contribution < -0.4 is 0 Å². The standard InChI is InChI=1S/C18H15N/c1-2-19-17(15-9-5-3-6-10-15)13-14-18(19)16-11-7-4-8-12-16/h2-14H,1H2. The summed E-state index contributed by atoms with van der Waals surface area (Å²) < 4.78 is 2.13. The molecule has 19 heavy (non-hydrogen) atoms. The van der Waals surface area contributed by atoms with E-state index in [1.54, 1.807) is 0 Å². The Labute approximate surface area is 113 Å². The van der Waals surface area contributed by atoms with Crippen molar-refractivity contribution in [2.45, 2.75) is 0 Å². The third-order valence-corrected chi connectivity index (χ3v) is 3.24. The lowest BCUT2D eigenvalue weighted by Gasteiger charge is -2.08. The minimum absolute atomic E-state index is 1.16. The van der Waals surface area contributed by atoms with Gasteiger partial charge in [-0.25, -0.2) is 0 Å². The Bertz CT molecular complexity index is 621. The van der Waals surface area contributed by atoms with Gasteiger partial charge in [-0.3, -0.25) is 0 Å². The van der Waals surface area contributed by atoms with Crippen molar-refractivity contribution >= 4 is 6.20 Å². The predicted molar refractivity (Wildman–Crippen MR) is 81.7 cm³/mol. The normalized spacial score (nSPS) is 10.3. The molecule has 1 nitrogen and oxygen atoms in total.